The SMILES string of the molecule is Cc1cncc(Cn2ccc(C(=O)C(F)(F)F)c2)c1. The van der Waals surface area contributed by atoms with E-state index in [9.17, 15) is 18.0 Å². The highest BCUT2D eigenvalue weighted by molar-refractivity contribution is 6.00. The fourth-order valence-corrected chi connectivity index (χ4v) is 1.75. The molecule has 19 heavy (non-hydrogen) atoms. The molecule has 3 nitrogen and oxygen atoms in total. The molecule has 0 amide bonds. The molecular formula is C13H11F3N2O. The lowest BCUT2D eigenvalue weighted by Gasteiger charge is -2.04. The number of aryl methyl sites for hydroxylation is 1. The fraction of sp³-hybridized carbons (Fsp3) is 0.231. The molecule has 2 heterocycles. The van der Waals surface area contributed by atoms with Crippen LogP contribution in [0.5, 0.6) is 0 Å². The molecule has 2 rings (SSSR count). The minimum atomic E-state index is -4.84. The van der Waals surface area contributed by atoms with Gasteiger partial charge >= 0.3 is 6.18 Å². The van der Waals surface area contributed by atoms with Gasteiger partial charge in [-0.3, -0.25) is 9.78 Å². The van der Waals surface area contributed by atoms with Gasteiger partial charge in [-0.15, -0.1) is 0 Å². The smallest absolute Gasteiger partial charge is 0.349 e. The monoisotopic (exact) mass is 268 g/mol. The molecule has 0 aliphatic carbocycles. The first-order valence-corrected chi connectivity index (χ1v) is 5.54. The summed E-state index contributed by atoms with van der Waals surface area (Å²) < 4.78 is 38.3. The third-order valence-corrected chi connectivity index (χ3v) is 2.57. The molecule has 0 N–H and O–H groups in total. The molecule has 2 aromatic rings. The highest BCUT2D eigenvalue weighted by Crippen LogP contribution is 2.21. The Morgan fingerprint density at radius 1 is 1.37 bits per heavy atom. The van der Waals surface area contributed by atoms with Crippen LogP contribution in [0.2, 0.25) is 0 Å². The summed E-state index contributed by atoms with van der Waals surface area (Å²) in [6.45, 7) is 2.25. The molecule has 0 atom stereocenters. The number of aromatic nitrogens is 2. The molecule has 0 aromatic carbocycles. The zero-order valence-electron chi connectivity index (χ0n) is 10.1. The number of halogens is 3. The molecule has 0 saturated carbocycles. The van der Waals surface area contributed by atoms with Crippen molar-refractivity contribution < 1.29 is 18.0 Å². The molecule has 0 spiro atoms. The third-order valence-electron chi connectivity index (χ3n) is 2.57. The van der Waals surface area contributed by atoms with E-state index in [2.05, 4.69) is 4.98 Å². The molecule has 0 radical (unpaired) electrons. The number of pyridine rings is 1. The quantitative estimate of drug-likeness (QED) is 0.802. The Hall–Kier alpha value is -2.11. The van der Waals surface area contributed by atoms with Crippen molar-refractivity contribution in [1.82, 2.24) is 9.55 Å². The summed E-state index contributed by atoms with van der Waals surface area (Å²) in [7, 11) is 0. The van der Waals surface area contributed by atoms with Crippen molar-refractivity contribution in [3.8, 4) is 0 Å². The van der Waals surface area contributed by atoms with Gasteiger partial charge in [0, 0.05) is 36.9 Å². The van der Waals surface area contributed by atoms with Gasteiger partial charge in [0.25, 0.3) is 5.78 Å². The normalized spacial score (nSPS) is 11.6. The van der Waals surface area contributed by atoms with Gasteiger partial charge in [0.15, 0.2) is 0 Å². The van der Waals surface area contributed by atoms with Crippen LogP contribution < -0.4 is 0 Å². The van der Waals surface area contributed by atoms with Crippen molar-refractivity contribution in [1.29, 1.82) is 0 Å². The van der Waals surface area contributed by atoms with E-state index in [1.807, 2.05) is 13.0 Å². The van der Waals surface area contributed by atoms with E-state index in [1.165, 1.54) is 23.0 Å². The van der Waals surface area contributed by atoms with Crippen LogP contribution in [-0.4, -0.2) is 21.5 Å². The van der Waals surface area contributed by atoms with Crippen molar-refractivity contribution in [2.45, 2.75) is 19.6 Å². The topological polar surface area (TPSA) is 34.9 Å². The second-order valence-corrected chi connectivity index (χ2v) is 4.27. The summed E-state index contributed by atoms with van der Waals surface area (Å²) in [5.74, 6) is -1.83. The van der Waals surface area contributed by atoms with Crippen molar-refractivity contribution in [2.75, 3.05) is 0 Å². The van der Waals surface area contributed by atoms with Crippen molar-refractivity contribution in [3.05, 3.63) is 53.6 Å². The van der Waals surface area contributed by atoms with E-state index in [1.54, 1.807) is 12.4 Å². The summed E-state index contributed by atoms with van der Waals surface area (Å²) in [6.07, 6.45) is 1.13. The van der Waals surface area contributed by atoms with E-state index >= 15 is 0 Å². The Labute approximate surface area is 107 Å². The predicted molar refractivity (Wildman–Crippen MR) is 62.9 cm³/mol. The van der Waals surface area contributed by atoms with Crippen LogP contribution in [0.3, 0.4) is 0 Å². The van der Waals surface area contributed by atoms with E-state index in [4.69, 9.17) is 0 Å². The summed E-state index contributed by atoms with van der Waals surface area (Å²) in [5, 5.41) is 0. The minimum Gasteiger partial charge on any atom is -0.349 e. The first kappa shape index (κ1) is 13.3. The average molecular weight is 268 g/mol. The number of carbonyl (C=O) groups is 1. The molecular weight excluding hydrogens is 257 g/mol. The zero-order valence-corrected chi connectivity index (χ0v) is 10.1. The maximum absolute atomic E-state index is 12.3. The molecule has 2 aromatic heterocycles. The van der Waals surface area contributed by atoms with Crippen LogP contribution >= 0.6 is 0 Å². The van der Waals surface area contributed by atoms with E-state index in [0.29, 0.717) is 6.54 Å². The van der Waals surface area contributed by atoms with E-state index < -0.39 is 12.0 Å². The van der Waals surface area contributed by atoms with Crippen molar-refractivity contribution in [3.63, 3.8) is 0 Å². The molecule has 0 unspecified atom stereocenters. The van der Waals surface area contributed by atoms with Gasteiger partial charge in [-0.2, -0.15) is 13.2 Å². The summed E-state index contributed by atoms with van der Waals surface area (Å²) in [6, 6.07) is 3.05. The first-order chi connectivity index (χ1) is 8.86. The predicted octanol–water partition coefficient (Wildman–Crippen LogP) is 2.98. The van der Waals surface area contributed by atoms with Crippen molar-refractivity contribution in [2.24, 2.45) is 0 Å². The molecule has 6 heteroatoms. The Balaban J connectivity index is 2.16. The van der Waals surface area contributed by atoms with Crippen LogP contribution in [0.4, 0.5) is 13.2 Å². The van der Waals surface area contributed by atoms with Gasteiger partial charge in [0.1, 0.15) is 0 Å². The highest BCUT2D eigenvalue weighted by atomic mass is 19.4. The number of hydrogen-bond acceptors (Lipinski definition) is 2. The highest BCUT2D eigenvalue weighted by Gasteiger charge is 2.39. The number of rotatable bonds is 3. The van der Waals surface area contributed by atoms with Crippen LogP contribution in [0, 0.1) is 6.92 Å². The fourth-order valence-electron chi connectivity index (χ4n) is 1.75. The Morgan fingerprint density at radius 3 is 2.74 bits per heavy atom. The van der Waals surface area contributed by atoms with E-state index in [-0.39, 0.29) is 5.56 Å². The number of nitrogens with zero attached hydrogens (tertiary/aromatic N) is 2. The molecule has 100 valence electrons. The Kier molecular flexibility index (Phi) is 3.42. The number of Topliss-reactive ketones (excluding diaryl/α,β-unsaturated/α-hetero) is 1. The number of alkyl halides is 3. The lowest BCUT2D eigenvalue weighted by atomic mass is 10.2. The van der Waals surface area contributed by atoms with Gasteiger partial charge in [-0.05, 0) is 24.1 Å². The largest absolute Gasteiger partial charge is 0.454 e. The average Bonchev–Trinajstić information content (AvgIpc) is 2.75. The second kappa shape index (κ2) is 4.87. The van der Waals surface area contributed by atoms with E-state index in [0.717, 1.165) is 11.1 Å². The van der Waals surface area contributed by atoms with Crippen LogP contribution in [0.1, 0.15) is 21.5 Å². The molecule has 0 fully saturated rings. The summed E-state index contributed by atoms with van der Waals surface area (Å²) in [5.41, 5.74) is 1.48. The van der Waals surface area contributed by atoms with Gasteiger partial charge in [0.2, 0.25) is 0 Å². The molecule has 0 aliphatic rings. The van der Waals surface area contributed by atoms with Crippen LogP contribution in [0.15, 0.2) is 36.9 Å². The third kappa shape index (κ3) is 3.21. The van der Waals surface area contributed by atoms with Crippen molar-refractivity contribution >= 4 is 5.78 Å². The maximum atomic E-state index is 12.3. The zero-order chi connectivity index (χ0) is 14.0. The Bertz CT molecular complexity index is 602. The van der Waals surface area contributed by atoms with Crippen LogP contribution in [0.25, 0.3) is 0 Å². The number of hydrogen-bond donors (Lipinski definition) is 0. The summed E-state index contributed by atoms with van der Waals surface area (Å²) >= 11 is 0. The van der Waals surface area contributed by atoms with Crippen LogP contribution in [-0.2, 0) is 6.54 Å². The first-order valence-electron chi connectivity index (χ1n) is 5.54. The molecule has 0 bridgehead atoms. The lowest BCUT2D eigenvalue weighted by molar-refractivity contribution is -0.0885. The second-order valence-electron chi connectivity index (χ2n) is 4.27. The lowest BCUT2D eigenvalue weighted by Crippen LogP contribution is -2.22. The molecule has 0 saturated heterocycles. The van der Waals surface area contributed by atoms with Gasteiger partial charge < -0.3 is 4.57 Å². The minimum absolute atomic E-state index is 0.354. The Morgan fingerprint density at radius 2 is 2.11 bits per heavy atom. The standard InChI is InChI=1S/C13H11F3N2O/c1-9-4-10(6-17-5-9)7-18-3-2-11(8-18)12(19)13(14,15)16/h2-6,8H,7H2,1H3. The maximum Gasteiger partial charge on any atom is 0.454 e. The van der Waals surface area contributed by atoms with Gasteiger partial charge in [-0.1, -0.05) is 6.07 Å². The number of carbonyl (C=O) groups excluding carboxylic acids is 1. The summed E-state index contributed by atoms with van der Waals surface area (Å²) in [4.78, 5) is 15.0. The van der Waals surface area contributed by atoms with Gasteiger partial charge in [0.05, 0.1) is 0 Å². The van der Waals surface area contributed by atoms with Gasteiger partial charge in [-0.25, -0.2) is 0 Å². The molecule has 0 aliphatic heterocycles. The number of ketones is 1.